The molecule has 0 spiro atoms. The fourth-order valence-electron chi connectivity index (χ4n) is 1.64. The molecule has 2 heterocycles. The predicted octanol–water partition coefficient (Wildman–Crippen LogP) is 3.65. The molecule has 0 unspecified atom stereocenters. The Morgan fingerprint density at radius 3 is 2.81 bits per heavy atom. The highest BCUT2D eigenvalue weighted by molar-refractivity contribution is 7.18. The van der Waals surface area contributed by atoms with Gasteiger partial charge in [0.1, 0.15) is 0 Å². The number of para-hydroxylation sites is 1. The third kappa shape index (κ3) is 1.86. The van der Waals surface area contributed by atoms with Crippen LogP contribution in [0.1, 0.15) is 15.7 Å². The minimum atomic E-state index is 0.851. The standard InChI is InChI=1S/C12H10N2S2/c1-8-13-9(7-15-8)6-12-14-10-4-2-3-5-11(10)16-12/h2-5,7H,6H2,1H3. The van der Waals surface area contributed by atoms with Crippen LogP contribution in [0.5, 0.6) is 0 Å². The van der Waals surface area contributed by atoms with Gasteiger partial charge in [0.2, 0.25) is 0 Å². The number of thiazole rings is 2. The van der Waals surface area contributed by atoms with Gasteiger partial charge in [-0.2, -0.15) is 0 Å². The molecule has 0 amide bonds. The molecule has 2 nitrogen and oxygen atoms in total. The first-order valence-electron chi connectivity index (χ1n) is 5.07. The van der Waals surface area contributed by atoms with Crippen LogP contribution in [-0.2, 0) is 6.42 Å². The molecule has 0 saturated carbocycles. The van der Waals surface area contributed by atoms with Crippen molar-refractivity contribution in [3.8, 4) is 0 Å². The molecule has 0 saturated heterocycles. The fourth-order valence-corrected chi connectivity index (χ4v) is 3.24. The summed E-state index contributed by atoms with van der Waals surface area (Å²) >= 11 is 3.45. The molecule has 16 heavy (non-hydrogen) atoms. The molecule has 3 rings (SSSR count). The second-order valence-electron chi connectivity index (χ2n) is 3.61. The monoisotopic (exact) mass is 246 g/mol. The predicted molar refractivity (Wildman–Crippen MR) is 69.3 cm³/mol. The van der Waals surface area contributed by atoms with Gasteiger partial charge >= 0.3 is 0 Å². The summed E-state index contributed by atoms with van der Waals surface area (Å²) in [5, 5.41) is 4.38. The number of hydrogen-bond donors (Lipinski definition) is 0. The average Bonchev–Trinajstić information content (AvgIpc) is 2.84. The van der Waals surface area contributed by atoms with E-state index in [1.807, 2.05) is 13.0 Å². The Hall–Kier alpha value is -1.26. The first kappa shape index (κ1) is 9.93. The molecule has 0 bridgehead atoms. The van der Waals surface area contributed by atoms with E-state index in [1.54, 1.807) is 22.7 Å². The van der Waals surface area contributed by atoms with Crippen LogP contribution in [0.3, 0.4) is 0 Å². The van der Waals surface area contributed by atoms with Crippen LogP contribution < -0.4 is 0 Å². The Labute approximate surface area is 102 Å². The Morgan fingerprint density at radius 2 is 2.06 bits per heavy atom. The Morgan fingerprint density at radius 1 is 1.19 bits per heavy atom. The second kappa shape index (κ2) is 3.96. The molecule has 4 heteroatoms. The minimum absolute atomic E-state index is 0.851. The molecule has 1 aromatic carbocycles. The number of aryl methyl sites for hydroxylation is 1. The molecule has 0 atom stereocenters. The van der Waals surface area contributed by atoms with Crippen molar-refractivity contribution in [1.29, 1.82) is 0 Å². The summed E-state index contributed by atoms with van der Waals surface area (Å²) < 4.78 is 1.25. The molecule has 3 aromatic rings. The highest BCUT2D eigenvalue weighted by Gasteiger charge is 2.06. The third-order valence-corrected chi connectivity index (χ3v) is 4.20. The van der Waals surface area contributed by atoms with Gasteiger partial charge in [-0.05, 0) is 19.1 Å². The van der Waals surface area contributed by atoms with Crippen LogP contribution in [-0.4, -0.2) is 9.97 Å². The van der Waals surface area contributed by atoms with Crippen molar-refractivity contribution in [2.45, 2.75) is 13.3 Å². The SMILES string of the molecule is Cc1nc(Cc2nc3ccccc3s2)cs1. The maximum absolute atomic E-state index is 4.60. The molecule has 0 N–H and O–H groups in total. The van der Waals surface area contributed by atoms with Crippen molar-refractivity contribution in [3.05, 3.63) is 45.4 Å². The zero-order chi connectivity index (χ0) is 11.0. The first-order valence-corrected chi connectivity index (χ1v) is 6.76. The van der Waals surface area contributed by atoms with E-state index in [2.05, 4.69) is 33.5 Å². The summed E-state index contributed by atoms with van der Waals surface area (Å²) in [6.07, 6.45) is 0.851. The van der Waals surface area contributed by atoms with E-state index in [0.29, 0.717) is 0 Å². The molecule has 0 aliphatic carbocycles. The van der Waals surface area contributed by atoms with Crippen LogP contribution in [0.4, 0.5) is 0 Å². The zero-order valence-corrected chi connectivity index (χ0v) is 10.4. The smallest absolute Gasteiger partial charge is 0.0998 e. The lowest BCUT2D eigenvalue weighted by Gasteiger charge is -1.89. The highest BCUT2D eigenvalue weighted by Crippen LogP contribution is 2.23. The molecular formula is C12H10N2S2. The van der Waals surface area contributed by atoms with Crippen LogP contribution in [0.15, 0.2) is 29.6 Å². The Bertz CT molecular complexity index is 592. The van der Waals surface area contributed by atoms with Crippen molar-refractivity contribution < 1.29 is 0 Å². The number of rotatable bonds is 2. The van der Waals surface area contributed by atoms with Gasteiger partial charge in [-0.3, -0.25) is 0 Å². The summed E-state index contributed by atoms with van der Waals surface area (Å²) in [5.41, 5.74) is 2.22. The van der Waals surface area contributed by atoms with E-state index < -0.39 is 0 Å². The van der Waals surface area contributed by atoms with Gasteiger partial charge in [-0.25, -0.2) is 9.97 Å². The number of benzene rings is 1. The molecule has 0 aliphatic heterocycles. The van der Waals surface area contributed by atoms with E-state index in [1.165, 1.54) is 4.70 Å². The normalized spacial score (nSPS) is 11.1. The van der Waals surface area contributed by atoms with Gasteiger partial charge < -0.3 is 0 Å². The summed E-state index contributed by atoms with van der Waals surface area (Å²) in [5.74, 6) is 0. The molecule has 0 radical (unpaired) electrons. The molecule has 2 aromatic heterocycles. The number of nitrogens with zero attached hydrogens (tertiary/aromatic N) is 2. The van der Waals surface area contributed by atoms with E-state index in [0.717, 1.165) is 27.6 Å². The van der Waals surface area contributed by atoms with Crippen molar-refractivity contribution in [3.63, 3.8) is 0 Å². The summed E-state index contributed by atoms with van der Waals surface area (Å²) in [6.45, 7) is 2.03. The molecule has 0 aliphatic rings. The van der Waals surface area contributed by atoms with Crippen molar-refractivity contribution in [2.75, 3.05) is 0 Å². The summed E-state index contributed by atoms with van der Waals surface area (Å²) in [6, 6.07) is 8.25. The summed E-state index contributed by atoms with van der Waals surface area (Å²) in [7, 11) is 0. The van der Waals surface area contributed by atoms with Crippen molar-refractivity contribution >= 4 is 32.9 Å². The minimum Gasteiger partial charge on any atom is -0.246 e. The Balaban J connectivity index is 1.95. The molecule has 0 fully saturated rings. The van der Waals surface area contributed by atoms with Crippen molar-refractivity contribution in [2.24, 2.45) is 0 Å². The molecular weight excluding hydrogens is 236 g/mol. The van der Waals surface area contributed by atoms with Gasteiger partial charge in [0.05, 0.1) is 25.9 Å². The van der Waals surface area contributed by atoms with Crippen LogP contribution in [0.25, 0.3) is 10.2 Å². The van der Waals surface area contributed by atoms with Gasteiger partial charge in [-0.1, -0.05) is 12.1 Å². The quantitative estimate of drug-likeness (QED) is 0.689. The van der Waals surface area contributed by atoms with Gasteiger partial charge in [0.15, 0.2) is 0 Å². The topological polar surface area (TPSA) is 25.8 Å². The van der Waals surface area contributed by atoms with Gasteiger partial charge in [0.25, 0.3) is 0 Å². The van der Waals surface area contributed by atoms with Crippen molar-refractivity contribution in [1.82, 2.24) is 9.97 Å². The number of fused-ring (bicyclic) bond motifs is 1. The Kier molecular flexibility index (Phi) is 2.46. The van der Waals surface area contributed by atoms with Gasteiger partial charge in [-0.15, -0.1) is 22.7 Å². The van der Waals surface area contributed by atoms with E-state index >= 15 is 0 Å². The van der Waals surface area contributed by atoms with E-state index in [4.69, 9.17) is 0 Å². The zero-order valence-electron chi connectivity index (χ0n) is 8.80. The largest absolute Gasteiger partial charge is 0.246 e. The van der Waals surface area contributed by atoms with Gasteiger partial charge in [0, 0.05) is 11.8 Å². The first-order chi connectivity index (χ1) is 7.81. The maximum Gasteiger partial charge on any atom is 0.0998 e. The highest BCUT2D eigenvalue weighted by atomic mass is 32.1. The lowest BCUT2D eigenvalue weighted by Crippen LogP contribution is -1.86. The lowest BCUT2D eigenvalue weighted by atomic mass is 10.3. The molecule has 80 valence electrons. The number of hydrogen-bond acceptors (Lipinski definition) is 4. The van der Waals surface area contributed by atoms with E-state index in [-0.39, 0.29) is 0 Å². The summed E-state index contributed by atoms with van der Waals surface area (Å²) in [4.78, 5) is 9.06. The van der Waals surface area contributed by atoms with Crippen LogP contribution >= 0.6 is 22.7 Å². The maximum atomic E-state index is 4.60. The fraction of sp³-hybridized carbons (Fsp3) is 0.167. The van der Waals surface area contributed by atoms with Crippen LogP contribution in [0.2, 0.25) is 0 Å². The lowest BCUT2D eigenvalue weighted by molar-refractivity contribution is 1.07. The van der Waals surface area contributed by atoms with Crippen LogP contribution in [0, 0.1) is 6.92 Å². The second-order valence-corrected chi connectivity index (χ2v) is 5.79. The third-order valence-electron chi connectivity index (χ3n) is 2.34. The number of aromatic nitrogens is 2. The van der Waals surface area contributed by atoms with E-state index in [9.17, 15) is 0 Å². The average molecular weight is 246 g/mol.